The second-order valence-electron chi connectivity index (χ2n) is 4.67. The lowest BCUT2D eigenvalue weighted by Crippen LogP contribution is -2.06. The third kappa shape index (κ3) is 3.91. The van der Waals surface area contributed by atoms with Crippen LogP contribution in [0.2, 0.25) is 0 Å². The average Bonchev–Trinajstić information content (AvgIpc) is 3.10. The lowest BCUT2D eigenvalue weighted by Gasteiger charge is -2.02. The van der Waals surface area contributed by atoms with Gasteiger partial charge in [0.2, 0.25) is 5.76 Å². The normalized spacial score (nSPS) is 10.8. The Balaban J connectivity index is 1.65. The van der Waals surface area contributed by atoms with Crippen molar-refractivity contribution in [1.29, 1.82) is 0 Å². The largest absolute Gasteiger partial charge is 0.457 e. The Bertz CT molecular complexity index is 806. The van der Waals surface area contributed by atoms with E-state index >= 15 is 0 Å². The van der Waals surface area contributed by atoms with Crippen molar-refractivity contribution in [3.63, 3.8) is 0 Å². The van der Waals surface area contributed by atoms with E-state index in [0.29, 0.717) is 11.4 Å². The van der Waals surface area contributed by atoms with Gasteiger partial charge in [0.05, 0.1) is 12.0 Å². The smallest absolute Gasteiger partial charge is 0.379 e. The predicted octanol–water partition coefficient (Wildman–Crippen LogP) is 4.39. The molecule has 1 heterocycles. The van der Waals surface area contributed by atoms with E-state index in [4.69, 9.17) is 9.15 Å². The molecule has 23 heavy (non-hydrogen) atoms. The van der Waals surface area contributed by atoms with Gasteiger partial charge < -0.3 is 9.15 Å². The Morgan fingerprint density at radius 3 is 2.43 bits per heavy atom. The van der Waals surface area contributed by atoms with Gasteiger partial charge in [0.15, 0.2) is 0 Å². The zero-order valence-electron chi connectivity index (χ0n) is 12.0. The summed E-state index contributed by atoms with van der Waals surface area (Å²) in [5.74, 6) is -0.299. The zero-order chi connectivity index (χ0) is 16.1. The van der Waals surface area contributed by atoms with Crippen molar-refractivity contribution in [2.75, 3.05) is 0 Å². The number of rotatable bonds is 4. The lowest BCUT2D eigenvalue weighted by molar-refractivity contribution is 0.0701. The molecule has 3 aromatic rings. The fourth-order valence-electron chi connectivity index (χ4n) is 1.85. The second kappa shape index (κ2) is 6.70. The van der Waals surface area contributed by atoms with E-state index in [1.807, 2.05) is 0 Å². The second-order valence-corrected chi connectivity index (χ2v) is 4.67. The molecule has 0 amide bonds. The number of benzene rings is 2. The van der Waals surface area contributed by atoms with E-state index in [0.717, 1.165) is 5.56 Å². The maximum absolute atomic E-state index is 12.8. The summed E-state index contributed by atoms with van der Waals surface area (Å²) in [7, 11) is 0. The number of esters is 1. The fourth-order valence-corrected chi connectivity index (χ4v) is 1.85. The van der Waals surface area contributed by atoms with Crippen molar-refractivity contribution in [2.24, 2.45) is 4.99 Å². The van der Waals surface area contributed by atoms with Gasteiger partial charge in [0, 0.05) is 6.21 Å². The molecule has 0 saturated heterocycles. The Labute approximate surface area is 131 Å². The molecule has 3 rings (SSSR count). The van der Waals surface area contributed by atoms with Crippen molar-refractivity contribution < 1.29 is 18.3 Å². The third-order valence-corrected chi connectivity index (χ3v) is 3.00. The molecule has 0 atom stereocenters. The molecule has 1 aromatic heterocycles. The quantitative estimate of drug-likeness (QED) is 0.408. The van der Waals surface area contributed by atoms with Crippen molar-refractivity contribution in [2.45, 2.75) is 0 Å². The summed E-state index contributed by atoms with van der Waals surface area (Å²) in [4.78, 5) is 16.0. The lowest BCUT2D eigenvalue weighted by atomic mass is 10.2. The minimum Gasteiger partial charge on any atom is -0.457 e. The van der Waals surface area contributed by atoms with E-state index in [2.05, 4.69) is 4.99 Å². The summed E-state index contributed by atoms with van der Waals surface area (Å²) >= 11 is 0. The summed E-state index contributed by atoms with van der Waals surface area (Å²) in [6.07, 6.45) is 3.05. The van der Waals surface area contributed by atoms with Crippen molar-refractivity contribution in [3.05, 3.63) is 84.1 Å². The molecule has 2 aromatic carbocycles. The molecule has 0 fully saturated rings. The van der Waals surface area contributed by atoms with Gasteiger partial charge in [-0.2, -0.15) is 0 Å². The van der Waals surface area contributed by atoms with Crippen LogP contribution in [0.3, 0.4) is 0 Å². The van der Waals surface area contributed by atoms with E-state index in [9.17, 15) is 9.18 Å². The van der Waals surface area contributed by atoms with Crippen LogP contribution in [-0.4, -0.2) is 12.2 Å². The number of halogens is 1. The molecular formula is C18H12FNO3. The van der Waals surface area contributed by atoms with Crippen molar-refractivity contribution in [3.8, 4) is 5.75 Å². The van der Waals surface area contributed by atoms with Gasteiger partial charge in [-0.15, -0.1) is 0 Å². The van der Waals surface area contributed by atoms with Gasteiger partial charge >= 0.3 is 5.97 Å². The van der Waals surface area contributed by atoms with Gasteiger partial charge in [0.25, 0.3) is 0 Å². The van der Waals surface area contributed by atoms with Gasteiger partial charge in [-0.1, -0.05) is 0 Å². The summed E-state index contributed by atoms with van der Waals surface area (Å²) in [5.41, 5.74) is 1.48. The van der Waals surface area contributed by atoms with Gasteiger partial charge in [-0.3, -0.25) is 4.99 Å². The van der Waals surface area contributed by atoms with Crippen molar-refractivity contribution >= 4 is 17.9 Å². The Kier molecular flexibility index (Phi) is 4.29. The van der Waals surface area contributed by atoms with Crippen LogP contribution in [0, 0.1) is 5.82 Å². The van der Waals surface area contributed by atoms with Gasteiger partial charge in [-0.25, -0.2) is 9.18 Å². The molecule has 0 N–H and O–H groups in total. The molecule has 0 spiro atoms. The number of hydrogen-bond donors (Lipinski definition) is 0. The SMILES string of the molecule is O=C(Oc1ccc(C=Nc2ccc(F)cc2)cc1)c1ccco1. The topological polar surface area (TPSA) is 51.8 Å². The first-order valence-electron chi connectivity index (χ1n) is 6.86. The Hall–Kier alpha value is -3.21. The first-order valence-corrected chi connectivity index (χ1v) is 6.86. The highest BCUT2D eigenvalue weighted by Gasteiger charge is 2.10. The molecule has 5 heteroatoms. The molecule has 0 bridgehead atoms. The molecule has 0 unspecified atom stereocenters. The maximum atomic E-state index is 12.8. The van der Waals surface area contributed by atoms with Gasteiger partial charge in [-0.05, 0) is 66.2 Å². The van der Waals surface area contributed by atoms with E-state index in [1.54, 1.807) is 48.7 Å². The van der Waals surface area contributed by atoms with Crippen molar-refractivity contribution in [1.82, 2.24) is 0 Å². The highest BCUT2D eigenvalue weighted by atomic mass is 19.1. The monoisotopic (exact) mass is 309 g/mol. The van der Waals surface area contributed by atoms with Gasteiger partial charge in [0.1, 0.15) is 11.6 Å². The summed E-state index contributed by atoms with van der Waals surface area (Å²) < 4.78 is 22.9. The highest BCUT2D eigenvalue weighted by Crippen LogP contribution is 2.15. The molecule has 114 valence electrons. The van der Waals surface area contributed by atoms with Crippen LogP contribution < -0.4 is 4.74 Å². The Morgan fingerprint density at radius 1 is 1.04 bits per heavy atom. The Morgan fingerprint density at radius 2 is 1.78 bits per heavy atom. The molecule has 0 radical (unpaired) electrons. The minimum atomic E-state index is -0.553. The van der Waals surface area contributed by atoms with Crippen LogP contribution in [0.1, 0.15) is 16.1 Å². The summed E-state index contributed by atoms with van der Waals surface area (Å²) in [6, 6.07) is 15.9. The zero-order valence-corrected chi connectivity index (χ0v) is 12.0. The van der Waals surface area contributed by atoms with Crippen LogP contribution >= 0.6 is 0 Å². The molecular weight excluding hydrogens is 297 g/mol. The summed E-state index contributed by atoms with van der Waals surface area (Å²) in [6.45, 7) is 0. The number of nitrogens with zero attached hydrogens (tertiary/aromatic N) is 1. The molecule has 0 saturated carbocycles. The molecule has 4 nitrogen and oxygen atoms in total. The van der Waals surface area contributed by atoms with Crippen LogP contribution in [-0.2, 0) is 0 Å². The van der Waals surface area contributed by atoms with Crippen LogP contribution in [0.5, 0.6) is 5.75 Å². The van der Waals surface area contributed by atoms with E-state index in [-0.39, 0.29) is 11.6 Å². The maximum Gasteiger partial charge on any atom is 0.379 e. The van der Waals surface area contributed by atoms with Crippen LogP contribution in [0.15, 0.2) is 76.3 Å². The molecule has 0 aliphatic heterocycles. The number of furan rings is 1. The van der Waals surface area contributed by atoms with E-state index in [1.165, 1.54) is 24.5 Å². The number of ether oxygens (including phenoxy) is 1. The summed E-state index contributed by atoms with van der Waals surface area (Å²) in [5, 5.41) is 0. The standard InChI is InChI=1S/C18H12FNO3/c19-14-5-7-15(8-6-14)20-12-13-3-9-16(10-4-13)23-18(21)17-2-1-11-22-17/h1-12H. The highest BCUT2D eigenvalue weighted by molar-refractivity contribution is 5.88. The molecule has 0 aliphatic rings. The third-order valence-electron chi connectivity index (χ3n) is 3.00. The number of aliphatic imine (C=N–C) groups is 1. The molecule has 0 aliphatic carbocycles. The number of carbonyl (C=O) groups excluding carboxylic acids is 1. The predicted molar refractivity (Wildman–Crippen MR) is 83.8 cm³/mol. The minimum absolute atomic E-state index is 0.145. The fraction of sp³-hybridized carbons (Fsp3) is 0. The number of hydrogen-bond acceptors (Lipinski definition) is 4. The first-order chi connectivity index (χ1) is 11.2. The average molecular weight is 309 g/mol. The number of carbonyl (C=O) groups is 1. The van der Waals surface area contributed by atoms with E-state index < -0.39 is 5.97 Å². The van der Waals surface area contributed by atoms with Crippen LogP contribution in [0.4, 0.5) is 10.1 Å². The first kappa shape index (κ1) is 14.7. The van der Waals surface area contributed by atoms with Crippen LogP contribution in [0.25, 0.3) is 0 Å².